The molecule has 0 bridgehead atoms. The Morgan fingerprint density at radius 2 is 1.80 bits per heavy atom. The van der Waals surface area contributed by atoms with Gasteiger partial charge in [-0.05, 0) is 43.3 Å². The molecule has 1 N–H and O–H groups in total. The van der Waals surface area contributed by atoms with Crippen molar-refractivity contribution in [2.45, 2.75) is 18.9 Å². The van der Waals surface area contributed by atoms with Crippen LogP contribution in [0.1, 0.15) is 12.8 Å². The smallest absolute Gasteiger partial charge is 0.169 e. The van der Waals surface area contributed by atoms with Crippen molar-refractivity contribution in [2.24, 2.45) is 0 Å². The van der Waals surface area contributed by atoms with Crippen LogP contribution in [0.3, 0.4) is 0 Å². The first kappa shape index (κ1) is 14.2. The zero-order chi connectivity index (χ0) is 14.1. The summed E-state index contributed by atoms with van der Waals surface area (Å²) in [5.74, 6) is 0. The van der Waals surface area contributed by atoms with Crippen molar-refractivity contribution < 1.29 is 0 Å². The number of piperazine rings is 1. The fraction of sp³-hybridized carbons (Fsp3) is 0.500. The Hall–Kier alpha value is -0.710. The maximum atomic E-state index is 6.08. The highest BCUT2D eigenvalue weighted by Crippen LogP contribution is 2.27. The van der Waals surface area contributed by atoms with Crippen LogP contribution >= 0.6 is 35.4 Å². The standard InChI is InChI=1S/C14H17Cl2N3S/c15-12-4-3-11(9-13(12)16)18-5-7-19(8-6-18)14(20)17-10-1-2-10/h3-4,9-10H,1-2,5-8H2,(H,17,20). The first-order chi connectivity index (χ1) is 9.63. The van der Waals surface area contributed by atoms with Gasteiger partial charge in [0.05, 0.1) is 10.0 Å². The van der Waals surface area contributed by atoms with Crippen LogP contribution < -0.4 is 10.2 Å². The lowest BCUT2D eigenvalue weighted by atomic mass is 10.2. The highest BCUT2D eigenvalue weighted by atomic mass is 35.5. The molecule has 6 heteroatoms. The molecule has 1 aromatic rings. The van der Waals surface area contributed by atoms with Gasteiger partial charge in [-0.3, -0.25) is 0 Å². The summed E-state index contributed by atoms with van der Waals surface area (Å²) >= 11 is 17.5. The molecule has 0 unspecified atom stereocenters. The van der Waals surface area contributed by atoms with E-state index in [1.807, 2.05) is 18.2 Å². The third kappa shape index (κ3) is 3.30. The molecule has 0 amide bonds. The van der Waals surface area contributed by atoms with E-state index in [9.17, 15) is 0 Å². The summed E-state index contributed by atoms with van der Waals surface area (Å²) in [6.45, 7) is 3.78. The van der Waals surface area contributed by atoms with Crippen molar-refractivity contribution in [1.82, 2.24) is 10.2 Å². The number of hydrogen-bond acceptors (Lipinski definition) is 2. The Kier molecular flexibility index (Phi) is 4.24. The van der Waals surface area contributed by atoms with Gasteiger partial charge in [-0.15, -0.1) is 0 Å². The zero-order valence-corrected chi connectivity index (χ0v) is 13.4. The average Bonchev–Trinajstić information content (AvgIpc) is 3.26. The summed E-state index contributed by atoms with van der Waals surface area (Å²) in [7, 11) is 0. The van der Waals surface area contributed by atoms with Crippen LogP contribution in [-0.4, -0.2) is 42.2 Å². The average molecular weight is 330 g/mol. The van der Waals surface area contributed by atoms with Crippen molar-refractivity contribution >= 4 is 46.2 Å². The largest absolute Gasteiger partial charge is 0.368 e. The number of rotatable bonds is 2. The monoisotopic (exact) mass is 329 g/mol. The SMILES string of the molecule is S=C(NC1CC1)N1CCN(c2ccc(Cl)c(Cl)c2)CC1. The predicted molar refractivity (Wildman–Crippen MR) is 89.0 cm³/mol. The van der Waals surface area contributed by atoms with Gasteiger partial charge in [-0.25, -0.2) is 0 Å². The van der Waals surface area contributed by atoms with E-state index in [1.165, 1.54) is 12.8 Å². The minimum absolute atomic E-state index is 0.601. The Labute approximate surface area is 134 Å². The summed E-state index contributed by atoms with van der Waals surface area (Å²) in [6.07, 6.45) is 2.51. The lowest BCUT2D eigenvalue weighted by Crippen LogP contribution is -2.52. The van der Waals surface area contributed by atoms with Crippen molar-refractivity contribution in [3.63, 3.8) is 0 Å². The van der Waals surface area contributed by atoms with E-state index in [1.54, 1.807) is 0 Å². The second-order valence-electron chi connectivity index (χ2n) is 5.30. The molecule has 1 saturated carbocycles. The molecule has 2 fully saturated rings. The molecule has 1 saturated heterocycles. The molecule has 0 radical (unpaired) electrons. The first-order valence-corrected chi connectivity index (χ1v) is 8.05. The van der Waals surface area contributed by atoms with Crippen LogP contribution in [0.4, 0.5) is 5.69 Å². The second-order valence-corrected chi connectivity index (χ2v) is 6.50. The third-order valence-corrected chi connectivity index (χ3v) is 4.86. The fourth-order valence-electron chi connectivity index (χ4n) is 2.34. The molecule has 3 rings (SSSR count). The molecule has 20 heavy (non-hydrogen) atoms. The van der Waals surface area contributed by atoms with Crippen molar-refractivity contribution in [3.8, 4) is 0 Å². The zero-order valence-electron chi connectivity index (χ0n) is 11.1. The van der Waals surface area contributed by atoms with E-state index in [4.69, 9.17) is 35.4 Å². The van der Waals surface area contributed by atoms with Crippen LogP contribution in [0, 0.1) is 0 Å². The summed E-state index contributed by atoms with van der Waals surface area (Å²) in [5, 5.41) is 5.51. The van der Waals surface area contributed by atoms with Gasteiger partial charge in [0.2, 0.25) is 0 Å². The van der Waals surface area contributed by atoms with Crippen LogP contribution in [0.15, 0.2) is 18.2 Å². The maximum Gasteiger partial charge on any atom is 0.169 e. The number of anilines is 1. The Morgan fingerprint density at radius 1 is 1.10 bits per heavy atom. The first-order valence-electron chi connectivity index (χ1n) is 6.89. The summed E-state index contributed by atoms with van der Waals surface area (Å²) in [5.41, 5.74) is 1.13. The number of thiocarbonyl (C=S) groups is 1. The number of benzene rings is 1. The minimum Gasteiger partial charge on any atom is -0.368 e. The van der Waals surface area contributed by atoms with Gasteiger partial charge in [-0.2, -0.15) is 0 Å². The van der Waals surface area contributed by atoms with Crippen LogP contribution in [0.5, 0.6) is 0 Å². The van der Waals surface area contributed by atoms with Crippen molar-refractivity contribution in [2.75, 3.05) is 31.1 Å². The van der Waals surface area contributed by atoms with Gasteiger partial charge in [0.15, 0.2) is 5.11 Å². The normalized spacial score (nSPS) is 19.1. The van der Waals surface area contributed by atoms with Crippen molar-refractivity contribution in [3.05, 3.63) is 28.2 Å². The number of nitrogens with zero attached hydrogens (tertiary/aromatic N) is 2. The number of hydrogen-bond donors (Lipinski definition) is 1. The van der Waals surface area contributed by atoms with E-state index in [-0.39, 0.29) is 0 Å². The highest BCUT2D eigenvalue weighted by Gasteiger charge is 2.25. The van der Waals surface area contributed by atoms with Gasteiger partial charge >= 0.3 is 0 Å². The quantitative estimate of drug-likeness (QED) is 0.840. The van der Waals surface area contributed by atoms with Crippen LogP contribution in [0.2, 0.25) is 10.0 Å². The fourth-order valence-corrected chi connectivity index (χ4v) is 2.98. The summed E-state index contributed by atoms with van der Waals surface area (Å²) in [6, 6.07) is 6.42. The molecular formula is C14H17Cl2N3S. The molecule has 3 nitrogen and oxygen atoms in total. The maximum absolute atomic E-state index is 6.08. The molecule has 1 aliphatic carbocycles. The predicted octanol–water partition coefficient (Wildman–Crippen LogP) is 3.15. The molecular weight excluding hydrogens is 313 g/mol. The lowest BCUT2D eigenvalue weighted by molar-refractivity contribution is 0.380. The third-order valence-electron chi connectivity index (χ3n) is 3.74. The molecule has 0 aromatic heterocycles. The van der Waals surface area contributed by atoms with E-state index >= 15 is 0 Å². The van der Waals surface area contributed by atoms with Gasteiger partial charge in [-0.1, -0.05) is 23.2 Å². The van der Waals surface area contributed by atoms with E-state index in [0.717, 1.165) is 37.0 Å². The Morgan fingerprint density at radius 3 is 2.40 bits per heavy atom. The summed E-state index contributed by atoms with van der Waals surface area (Å²) in [4.78, 5) is 4.57. The van der Waals surface area contributed by atoms with Gasteiger partial charge in [0.25, 0.3) is 0 Å². The van der Waals surface area contributed by atoms with E-state index < -0.39 is 0 Å². The van der Waals surface area contributed by atoms with Gasteiger partial charge < -0.3 is 15.1 Å². The molecule has 0 atom stereocenters. The van der Waals surface area contributed by atoms with Gasteiger partial charge in [0, 0.05) is 37.9 Å². The Balaban J connectivity index is 1.57. The van der Waals surface area contributed by atoms with Crippen LogP contribution in [-0.2, 0) is 0 Å². The summed E-state index contributed by atoms with van der Waals surface area (Å²) < 4.78 is 0. The number of nitrogens with one attached hydrogen (secondary N) is 1. The van der Waals surface area contributed by atoms with Gasteiger partial charge in [0.1, 0.15) is 0 Å². The highest BCUT2D eigenvalue weighted by molar-refractivity contribution is 7.80. The molecule has 108 valence electrons. The molecule has 1 heterocycles. The molecule has 1 aromatic carbocycles. The Bertz CT molecular complexity index is 511. The molecule has 2 aliphatic rings. The lowest BCUT2D eigenvalue weighted by Gasteiger charge is -2.37. The minimum atomic E-state index is 0.601. The van der Waals surface area contributed by atoms with E-state index in [2.05, 4.69) is 15.1 Å². The topological polar surface area (TPSA) is 18.5 Å². The number of halogens is 2. The molecule has 1 aliphatic heterocycles. The van der Waals surface area contributed by atoms with Crippen LogP contribution in [0.25, 0.3) is 0 Å². The van der Waals surface area contributed by atoms with E-state index in [0.29, 0.717) is 16.1 Å². The second kappa shape index (κ2) is 5.96. The van der Waals surface area contributed by atoms with Crippen molar-refractivity contribution in [1.29, 1.82) is 0 Å². The molecule has 0 spiro atoms.